The van der Waals surface area contributed by atoms with E-state index in [9.17, 15) is 9.59 Å². The minimum Gasteiger partial charge on any atom is -0.493 e. The van der Waals surface area contributed by atoms with E-state index in [0.717, 1.165) is 0 Å². The fraction of sp³-hybridized carbons (Fsp3) is 0.105. The number of primary amides is 1. The van der Waals surface area contributed by atoms with Gasteiger partial charge in [0.25, 0.3) is 5.91 Å². The number of nitriles is 1. The third-order valence-electron chi connectivity index (χ3n) is 3.55. The molecule has 10 heteroatoms. The van der Waals surface area contributed by atoms with Crippen LogP contribution in [0.1, 0.15) is 11.1 Å². The van der Waals surface area contributed by atoms with Crippen molar-refractivity contribution in [2.24, 2.45) is 5.73 Å². The van der Waals surface area contributed by atoms with Crippen molar-refractivity contribution in [3.63, 3.8) is 0 Å². The van der Waals surface area contributed by atoms with E-state index in [-0.39, 0.29) is 28.7 Å². The van der Waals surface area contributed by atoms with Gasteiger partial charge in [0.2, 0.25) is 0 Å². The van der Waals surface area contributed by atoms with E-state index in [1.807, 2.05) is 5.32 Å². The molecule has 0 atom stereocenters. The van der Waals surface area contributed by atoms with Gasteiger partial charge in [0, 0.05) is 15.6 Å². The van der Waals surface area contributed by atoms with Crippen LogP contribution in [-0.4, -0.2) is 19.0 Å². The van der Waals surface area contributed by atoms with Crippen molar-refractivity contribution in [3.8, 4) is 17.6 Å². The Labute approximate surface area is 181 Å². The summed E-state index contributed by atoms with van der Waals surface area (Å²) < 4.78 is 11.0. The number of carbonyl (C=O) groups excluding carboxylic acids is 2. The Hall–Kier alpha value is -2.92. The number of halogens is 3. The Morgan fingerprint density at radius 3 is 2.52 bits per heavy atom. The van der Waals surface area contributed by atoms with Crippen molar-refractivity contribution in [1.82, 2.24) is 5.32 Å². The summed E-state index contributed by atoms with van der Waals surface area (Å²) in [6.45, 7) is 0.103. The zero-order chi connectivity index (χ0) is 21.6. The summed E-state index contributed by atoms with van der Waals surface area (Å²) in [6, 6.07) is 8.59. The number of benzene rings is 2. The molecule has 7 nitrogen and oxygen atoms in total. The molecular formula is C19H14Cl3N3O4. The van der Waals surface area contributed by atoms with Crippen molar-refractivity contribution in [2.45, 2.75) is 6.61 Å². The number of nitrogens with two attached hydrogens (primary N) is 1. The maximum atomic E-state index is 11.8. The lowest BCUT2D eigenvalue weighted by atomic mass is 10.1. The number of imide groups is 1. The Morgan fingerprint density at radius 2 is 1.93 bits per heavy atom. The Bertz CT molecular complexity index is 1030. The van der Waals surface area contributed by atoms with Crippen molar-refractivity contribution < 1.29 is 19.1 Å². The summed E-state index contributed by atoms with van der Waals surface area (Å²) in [5, 5.41) is 12.1. The smallest absolute Gasteiger partial charge is 0.319 e. The van der Waals surface area contributed by atoms with Crippen molar-refractivity contribution in [2.75, 3.05) is 7.11 Å². The first kappa shape index (κ1) is 22.4. The third-order valence-corrected chi connectivity index (χ3v) is 4.42. The van der Waals surface area contributed by atoms with E-state index in [4.69, 9.17) is 55.3 Å². The first-order valence-corrected chi connectivity index (χ1v) is 9.05. The second-order valence-corrected chi connectivity index (χ2v) is 6.80. The molecule has 0 aromatic heterocycles. The first-order chi connectivity index (χ1) is 13.7. The van der Waals surface area contributed by atoms with Crippen LogP contribution in [0.25, 0.3) is 6.08 Å². The van der Waals surface area contributed by atoms with Gasteiger partial charge < -0.3 is 15.2 Å². The summed E-state index contributed by atoms with van der Waals surface area (Å²) in [5.41, 5.74) is 5.61. The van der Waals surface area contributed by atoms with Gasteiger partial charge >= 0.3 is 6.03 Å². The van der Waals surface area contributed by atoms with Gasteiger partial charge in [-0.05, 0) is 35.9 Å². The summed E-state index contributed by atoms with van der Waals surface area (Å²) in [6.07, 6.45) is 1.23. The molecule has 150 valence electrons. The molecule has 3 amide bonds. The maximum Gasteiger partial charge on any atom is 0.319 e. The van der Waals surface area contributed by atoms with Gasteiger partial charge in [-0.3, -0.25) is 10.1 Å². The number of rotatable bonds is 6. The van der Waals surface area contributed by atoms with Crippen molar-refractivity contribution >= 4 is 52.8 Å². The van der Waals surface area contributed by atoms with Crippen molar-refractivity contribution in [1.29, 1.82) is 5.26 Å². The molecule has 29 heavy (non-hydrogen) atoms. The number of ether oxygens (including phenoxy) is 2. The lowest BCUT2D eigenvalue weighted by Crippen LogP contribution is -2.35. The highest BCUT2D eigenvalue weighted by atomic mass is 35.5. The summed E-state index contributed by atoms with van der Waals surface area (Å²) in [4.78, 5) is 22.6. The van der Waals surface area contributed by atoms with Crippen LogP contribution in [0.3, 0.4) is 0 Å². The fourth-order valence-corrected chi connectivity index (χ4v) is 2.98. The number of amides is 3. The van der Waals surface area contributed by atoms with E-state index in [2.05, 4.69) is 0 Å². The molecule has 2 rings (SSSR count). The molecule has 0 radical (unpaired) electrons. The van der Waals surface area contributed by atoms with E-state index in [1.54, 1.807) is 24.3 Å². The molecule has 0 fully saturated rings. The standard InChI is InChI=1S/C19H14Cl3N3O4/c1-28-16-6-10(4-12(8-23)18(26)25-19(24)27)5-15(22)17(16)29-9-11-2-3-13(20)7-14(11)21/h2-7H,9H2,1H3,(H3,24,25,26,27)/b12-4-. The van der Waals surface area contributed by atoms with Crippen LogP contribution in [-0.2, 0) is 11.4 Å². The van der Waals surface area contributed by atoms with Gasteiger partial charge in [-0.25, -0.2) is 4.79 Å². The van der Waals surface area contributed by atoms with Gasteiger partial charge in [-0.15, -0.1) is 0 Å². The lowest BCUT2D eigenvalue weighted by Gasteiger charge is -2.14. The zero-order valence-electron chi connectivity index (χ0n) is 15.0. The largest absolute Gasteiger partial charge is 0.493 e. The van der Waals surface area contributed by atoms with E-state index < -0.39 is 11.9 Å². The van der Waals surface area contributed by atoms with Gasteiger partial charge in [0.05, 0.1) is 12.1 Å². The Balaban J connectivity index is 2.31. The van der Waals surface area contributed by atoms with Crippen LogP contribution < -0.4 is 20.5 Å². The third kappa shape index (κ3) is 6.03. The second kappa shape index (κ2) is 10.0. The SMILES string of the molecule is COc1cc(/C=C(/C#N)C(=O)NC(N)=O)cc(Cl)c1OCc1ccc(Cl)cc1Cl. The molecule has 0 saturated carbocycles. The molecular weight excluding hydrogens is 441 g/mol. The number of methoxy groups -OCH3 is 1. The van der Waals surface area contributed by atoms with Gasteiger partial charge in [-0.1, -0.05) is 40.9 Å². The molecule has 0 aliphatic heterocycles. The normalized spacial score (nSPS) is 10.8. The number of hydrogen-bond donors (Lipinski definition) is 2. The minimum absolute atomic E-state index is 0.103. The quantitative estimate of drug-likeness (QED) is 0.498. The Morgan fingerprint density at radius 1 is 1.21 bits per heavy atom. The highest BCUT2D eigenvalue weighted by molar-refractivity contribution is 6.35. The molecule has 0 aliphatic rings. The van der Waals surface area contributed by atoms with Crippen LogP contribution in [0.15, 0.2) is 35.9 Å². The fourth-order valence-electron chi connectivity index (χ4n) is 2.25. The highest BCUT2D eigenvalue weighted by Crippen LogP contribution is 2.38. The first-order valence-electron chi connectivity index (χ1n) is 7.92. The zero-order valence-corrected chi connectivity index (χ0v) is 17.2. The van der Waals surface area contributed by atoms with Gasteiger partial charge in [-0.2, -0.15) is 5.26 Å². The van der Waals surface area contributed by atoms with Gasteiger partial charge in [0.15, 0.2) is 11.5 Å². The maximum absolute atomic E-state index is 11.8. The van der Waals surface area contributed by atoms with E-state index >= 15 is 0 Å². The summed E-state index contributed by atoms with van der Waals surface area (Å²) >= 11 is 18.3. The monoisotopic (exact) mass is 453 g/mol. The Kier molecular flexibility index (Phi) is 7.74. The molecule has 2 aromatic carbocycles. The molecule has 0 unspecified atom stereocenters. The van der Waals surface area contributed by atoms with E-state index in [0.29, 0.717) is 21.2 Å². The number of hydrogen-bond acceptors (Lipinski definition) is 5. The molecule has 0 heterocycles. The predicted octanol–water partition coefficient (Wildman–Crippen LogP) is 4.34. The van der Waals surface area contributed by atoms with Crippen LogP contribution in [0.2, 0.25) is 15.1 Å². The molecule has 2 aromatic rings. The molecule has 0 spiro atoms. The molecule has 3 N–H and O–H groups in total. The average Bonchev–Trinajstić information content (AvgIpc) is 2.65. The molecule has 0 saturated heterocycles. The topological polar surface area (TPSA) is 114 Å². The van der Waals surface area contributed by atoms with Crippen LogP contribution in [0, 0.1) is 11.3 Å². The molecule has 0 bridgehead atoms. The van der Waals surface area contributed by atoms with E-state index in [1.165, 1.54) is 25.3 Å². The van der Waals surface area contributed by atoms with Crippen molar-refractivity contribution in [3.05, 3.63) is 62.1 Å². The van der Waals surface area contributed by atoms with Crippen LogP contribution in [0.4, 0.5) is 4.79 Å². The van der Waals surface area contributed by atoms with Crippen LogP contribution >= 0.6 is 34.8 Å². The summed E-state index contributed by atoms with van der Waals surface area (Å²) in [7, 11) is 1.41. The summed E-state index contributed by atoms with van der Waals surface area (Å²) in [5.74, 6) is -0.424. The molecule has 0 aliphatic carbocycles. The predicted molar refractivity (Wildman–Crippen MR) is 110 cm³/mol. The van der Waals surface area contributed by atoms with Gasteiger partial charge in [0.1, 0.15) is 18.2 Å². The minimum atomic E-state index is -1.07. The highest BCUT2D eigenvalue weighted by Gasteiger charge is 2.15. The number of nitrogens with one attached hydrogen (secondary N) is 1. The average molecular weight is 455 g/mol. The second-order valence-electron chi connectivity index (χ2n) is 5.55. The number of carbonyl (C=O) groups is 2. The number of urea groups is 1. The number of nitrogens with zero attached hydrogens (tertiary/aromatic N) is 1. The lowest BCUT2D eigenvalue weighted by molar-refractivity contribution is -0.115. The van der Waals surface area contributed by atoms with Crippen LogP contribution in [0.5, 0.6) is 11.5 Å².